The van der Waals surface area contributed by atoms with Gasteiger partial charge < -0.3 is 10.6 Å². The van der Waals surface area contributed by atoms with E-state index in [4.69, 9.17) is 0 Å². The average molecular weight is 307 g/mol. The molecule has 114 valence electrons. The van der Waals surface area contributed by atoms with Gasteiger partial charge in [0, 0.05) is 19.5 Å². The van der Waals surface area contributed by atoms with Crippen molar-refractivity contribution in [2.24, 2.45) is 0 Å². The Morgan fingerprint density at radius 2 is 1.81 bits per heavy atom. The van der Waals surface area contributed by atoms with Gasteiger partial charge >= 0.3 is 0 Å². The number of likely N-dealkylation sites (N-methyl/N-ethyl adjacent to an activating group) is 1. The minimum atomic E-state index is 0. The lowest BCUT2D eigenvalue weighted by molar-refractivity contribution is -0.121. The lowest BCUT2D eigenvalue weighted by atomic mass is 10.0. The summed E-state index contributed by atoms with van der Waals surface area (Å²) in [5, 5.41) is 8.58. The standard InChI is InChI=1S/C17H22N2O.ClH/c1-2-18-11-12-19-17(20)10-8-14-7-9-15-5-3-4-6-16(15)13-14;/h3-7,9,13,18H,2,8,10-12H2,1H3,(H,19,20);1H. The first-order valence-electron chi connectivity index (χ1n) is 7.24. The fraction of sp³-hybridized carbons (Fsp3) is 0.353. The topological polar surface area (TPSA) is 41.1 Å². The molecule has 0 heterocycles. The molecule has 0 aliphatic heterocycles. The van der Waals surface area contributed by atoms with Crippen molar-refractivity contribution in [1.82, 2.24) is 10.6 Å². The van der Waals surface area contributed by atoms with Crippen LogP contribution in [-0.4, -0.2) is 25.5 Å². The predicted octanol–water partition coefficient (Wildman–Crippen LogP) is 2.92. The van der Waals surface area contributed by atoms with Gasteiger partial charge in [0.05, 0.1) is 0 Å². The fourth-order valence-corrected chi connectivity index (χ4v) is 2.21. The molecular weight excluding hydrogens is 284 g/mol. The van der Waals surface area contributed by atoms with Crippen molar-refractivity contribution in [3.05, 3.63) is 48.0 Å². The van der Waals surface area contributed by atoms with E-state index < -0.39 is 0 Å². The number of halogens is 1. The maximum Gasteiger partial charge on any atom is 0.220 e. The summed E-state index contributed by atoms with van der Waals surface area (Å²) in [6.07, 6.45) is 1.34. The summed E-state index contributed by atoms with van der Waals surface area (Å²) in [5.74, 6) is 0.121. The average Bonchev–Trinajstić information content (AvgIpc) is 2.49. The molecule has 2 aromatic rings. The summed E-state index contributed by atoms with van der Waals surface area (Å²) in [4.78, 5) is 11.7. The maximum atomic E-state index is 11.7. The lowest BCUT2D eigenvalue weighted by Gasteiger charge is -2.06. The smallest absolute Gasteiger partial charge is 0.220 e. The molecule has 2 aromatic carbocycles. The second kappa shape index (κ2) is 9.37. The van der Waals surface area contributed by atoms with Crippen LogP contribution in [0.25, 0.3) is 10.8 Å². The third kappa shape index (κ3) is 5.74. The highest BCUT2D eigenvalue weighted by atomic mass is 35.5. The Morgan fingerprint density at radius 3 is 2.57 bits per heavy atom. The van der Waals surface area contributed by atoms with Crippen LogP contribution in [0.1, 0.15) is 18.9 Å². The molecule has 21 heavy (non-hydrogen) atoms. The molecular formula is C17H23ClN2O. The largest absolute Gasteiger partial charge is 0.355 e. The molecule has 0 aliphatic rings. The van der Waals surface area contributed by atoms with E-state index in [1.165, 1.54) is 16.3 Å². The molecule has 0 radical (unpaired) electrons. The third-order valence-corrected chi connectivity index (χ3v) is 3.33. The van der Waals surface area contributed by atoms with Gasteiger partial charge in [-0.05, 0) is 29.3 Å². The molecule has 3 nitrogen and oxygen atoms in total. The minimum Gasteiger partial charge on any atom is -0.355 e. The van der Waals surface area contributed by atoms with Gasteiger partial charge in [-0.15, -0.1) is 12.4 Å². The molecule has 0 saturated carbocycles. The molecule has 0 spiro atoms. The highest BCUT2D eigenvalue weighted by Gasteiger charge is 2.02. The zero-order chi connectivity index (χ0) is 14.2. The Bertz CT molecular complexity index is 571. The normalized spacial score (nSPS) is 10.1. The second-order valence-electron chi connectivity index (χ2n) is 4.89. The van der Waals surface area contributed by atoms with Crippen molar-refractivity contribution in [1.29, 1.82) is 0 Å². The van der Waals surface area contributed by atoms with Crippen molar-refractivity contribution in [3.63, 3.8) is 0 Å². The van der Waals surface area contributed by atoms with Crippen LogP contribution in [0.3, 0.4) is 0 Å². The minimum absolute atomic E-state index is 0. The SMILES string of the molecule is CCNCCNC(=O)CCc1ccc2ccccc2c1.Cl. The third-order valence-electron chi connectivity index (χ3n) is 3.33. The Balaban J connectivity index is 0.00000220. The highest BCUT2D eigenvalue weighted by molar-refractivity contribution is 5.85. The number of carbonyl (C=O) groups excluding carboxylic acids is 1. The monoisotopic (exact) mass is 306 g/mol. The molecule has 1 amide bonds. The van der Waals surface area contributed by atoms with Crippen molar-refractivity contribution < 1.29 is 4.79 Å². The Morgan fingerprint density at radius 1 is 1.05 bits per heavy atom. The summed E-state index contributed by atoms with van der Waals surface area (Å²) < 4.78 is 0. The van der Waals surface area contributed by atoms with E-state index in [0.717, 1.165) is 19.5 Å². The van der Waals surface area contributed by atoms with Crippen molar-refractivity contribution in [2.45, 2.75) is 19.8 Å². The number of nitrogens with one attached hydrogen (secondary N) is 2. The van der Waals surface area contributed by atoms with E-state index in [0.29, 0.717) is 13.0 Å². The number of hydrogen-bond acceptors (Lipinski definition) is 2. The second-order valence-corrected chi connectivity index (χ2v) is 4.89. The summed E-state index contributed by atoms with van der Waals surface area (Å²) in [5.41, 5.74) is 1.21. The van der Waals surface area contributed by atoms with Gasteiger partial charge in [-0.2, -0.15) is 0 Å². The van der Waals surface area contributed by atoms with Crippen molar-refractivity contribution in [2.75, 3.05) is 19.6 Å². The zero-order valence-corrected chi connectivity index (χ0v) is 13.2. The van der Waals surface area contributed by atoms with Gasteiger partial charge in [0.1, 0.15) is 0 Å². The van der Waals surface area contributed by atoms with Gasteiger partial charge in [0.2, 0.25) is 5.91 Å². The first kappa shape index (κ1) is 17.5. The van der Waals surface area contributed by atoms with E-state index in [-0.39, 0.29) is 18.3 Å². The molecule has 0 aliphatic carbocycles. The summed E-state index contributed by atoms with van der Waals surface area (Å²) in [6.45, 7) is 4.52. The van der Waals surface area contributed by atoms with Crippen LogP contribution in [0.5, 0.6) is 0 Å². The Kier molecular flexibility index (Phi) is 7.80. The number of hydrogen-bond donors (Lipinski definition) is 2. The molecule has 0 unspecified atom stereocenters. The van der Waals surface area contributed by atoms with E-state index >= 15 is 0 Å². The van der Waals surface area contributed by atoms with E-state index in [1.54, 1.807) is 0 Å². The molecule has 0 atom stereocenters. The Hall–Kier alpha value is -1.58. The molecule has 0 fully saturated rings. The molecule has 4 heteroatoms. The molecule has 2 N–H and O–H groups in total. The highest BCUT2D eigenvalue weighted by Crippen LogP contribution is 2.16. The number of carbonyl (C=O) groups is 1. The van der Waals surface area contributed by atoms with Gasteiger partial charge in [-0.25, -0.2) is 0 Å². The molecule has 0 aromatic heterocycles. The number of aryl methyl sites for hydroxylation is 1. The first-order valence-corrected chi connectivity index (χ1v) is 7.24. The van der Waals surface area contributed by atoms with Crippen molar-refractivity contribution in [3.8, 4) is 0 Å². The number of rotatable bonds is 7. The van der Waals surface area contributed by atoms with Gasteiger partial charge in [-0.3, -0.25) is 4.79 Å². The number of amides is 1. The van der Waals surface area contributed by atoms with Crippen LogP contribution in [0.2, 0.25) is 0 Å². The lowest BCUT2D eigenvalue weighted by Crippen LogP contribution is -2.31. The number of fused-ring (bicyclic) bond motifs is 1. The van der Waals surface area contributed by atoms with Crippen LogP contribution < -0.4 is 10.6 Å². The van der Waals surface area contributed by atoms with Crippen LogP contribution in [-0.2, 0) is 11.2 Å². The van der Waals surface area contributed by atoms with Gasteiger partial charge in [0.25, 0.3) is 0 Å². The molecule has 0 saturated heterocycles. The molecule has 0 bridgehead atoms. The zero-order valence-electron chi connectivity index (χ0n) is 12.4. The van der Waals surface area contributed by atoms with E-state index in [2.05, 4.69) is 47.9 Å². The van der Waals surface area contributed by atoms with E-state index in [9.17, 15) is 4.79 Å². The van der Waals surface area contributed by atoms with Gasteiger partial charge in [0.15, 0.2) is 0 Å². The Labute approximate surface area is 132 Å². The van der Waals surface area contributed by atoms with Gasteiger partial charge in [-0.1, -0.05) is 49.4 Å². The summed E-state index contributed by atoms with van der Waals surface area (Å²) >= 11 is 0. The summed E-state index contributed by atoms with van der Waals surface area (Å²) in [7, 11) is 0. The maximum absolute atomic E-state index is 11.7. The van der Waals surface area contributed by atoms with Crippen LogP contribution in [0, 0.1) is 0 Å². The van der Waals surface area contributed by atoms with Crippen LogP contribution in [0.15, 0.2) is 42.5 Å². The quantitative estimate of drug-likeness (QED) is 0.772. The van der Waals surface area contributed by atoms with E-state index in [1.807, 2.05) is 12.1 Å². The first-order chi connectivity index (χ1) is 9.79. The molecule has 2 rings (SSSR count). The van der Waals surface area contributed by atoms with Crippen LogP contribution >= 0.6 is 12.4 Å². The van der Waals surface area contributed by atoms with Crippen LogP contribution in [0.4, 0.5) is 0 Å². The predicted molar refractivity (Wildman–Crippen MR) is 91.1 cm³/mol. The summed E-state index contributed by atoms with van der Waals surface area (Å²) in [6, 6.07) is 14.7. The fourth-order valence-electron chi connectivity index (χ4n) is 2.21. The number of benzene rings is 2. The van der Waals surface area contributed by atoms with Crippen molar-refractivity contribution >= 4 is 29.1 Å².